The van der Waals surface area contributed by atoms with E-state index in [-0.39, 0.29) is 11.6 Å². The van der Waals surface area contributed by atoms with Crippen LogP contribution in [0.25, 0.3) is 0 Å². The molecule has 7 nitrogen and oxygen atoms in total. The molecule has 0 aromatic heterocycles. The maximum Gasteiger partial charge on any atom is 0.320 e. The lowest BCUT2D eigenvalue weighted by atomic mass is 10.3. The molecule has 8 heteroatoms. The van der Waals surface area contributed by atoms with Crippen molar-refractivity contribution < 1.29 is 23.1 Å². The van der Waals surface area contributed by atoms with E-state index in [1.54, 1.807) is 6.92 Å². The standard InChI is InChI=1S/C11H14N2O5S/c1-2-10(14)12-8-3-5-9(6-4-8)13-19(17,18)7-11(15)16/h3-6,13H,2,7H2,1H3,(H,12,14)(H,15,16). The number of hydrogen-bond acceptors (Lipinski definition) is 4. The summed E-state index contributed by atoms with van der Waals surface area (Å²) in [6.45, 7) is 1.71. The predicted octanol–water partition coefficient (Wildman–Crippen LogP) is 0.861. The van der Waals surface area contributed by atoms with E-state index in [1.807, 2.05) is 0 Å². The minimum Gasteiger partial charge on any atom is -0.480 e. The Morgan fingerprint density at radius 1 is 1.16 bits per heavy atom. The summed E-state index contributed by atoms with van der Waals surface area (Å²) >= 11 is 0. The highest BCUT2D eigenvalue weighted by Gasteiger charge is 2.15. The molecule has 1 aromatic rings. The van der Waals surface area contributed by atoms with Crippen LogP contribution in [0.15, 0.2) is 24.3 Å². The second-order valence-electron chi connectivity index (χ2n) is 3.73. The van der Waals surface area contributed by atoms with Crippen molar-refractivity contribution in [3.05, 3.63) is 24.3 Å². The predicted molar refractivity (Wildman–Crippen MR) is 70.4 cm³/mol. The Kier molecular flexibility index (Phi) is 4.87. The topological polar surface area (TPSA) is 113 Å². The van der Waals surface area contributed by atoms with Crippen molar-refractivity contribution in [2.24, 2.45) is 0 Å². The number of sulfonamides is 1. The summed E-state index contributed by atoms with van der Waals surface area (Å²) in [4.78, 5) is 21.5. The molecule has 0 spiro atoms. The summed E-state index contributed by atoms with van der Waals surface area (Å²) < 4.78 is 24.8. The van der Waals surface area contributed by atoms with Gasteiger partial charge in [-0.15, -0.1) is 0 Å². The Labute approximate surface area is 110 Å². The third kappa shape index (κ3) is 5.38. The molecule has 0 atom stereocenters. The van der Waals surface area contributed by atoms with Crippen molar-refractivity contribution in [3.8, 4) is 0 Å². The largest absolute Gasteiger partial charge is 0.480 e. The number of hydrogen-bond donors (Lipinski definition) is 3. The summed E-state index contributed by atoms with van der Waals surface area (Å²) in [5.74, 6) is -2.58. The first-order valence-electron chi connectivity index (χ1n) is 5.44. The summed E-state index contributed by atoms with van der Waals surface area (Å²) in [7, 11) is -3.91. The molecule has 0 unspecified atom stereocenters. The number of amides is 1. The van der Waals surface area contributed by atoms with E-state index in [2.05, 4.69) is 10.0 Å². The van der Waals surface area contributed by atoms with Gasteiger partial charge in [0.15, 0.2) is 5.75 Å². The summed E-state index contributed by atoms with van der Waals surface area (Å²) in [6, 6.07) is 5.91. The molecule has 0 saturated heterocycles. The minimum absolute atomic E-state index is 0.154. The molecular formula is C11H14N2O5S. The minimum atomic E-state index is -3.91. The van der Waals surface area contributed by atoms with E-state index in [4.69, 9.17) is 5.11 Å². The number of carboxylic acids is 1. The maximum atomic E-state index is 11.4. The first-order chi connectivity index (χ1) is 8.82. The van der Waals surface area contributed by atoms with Crippen LogP contribution in [-0.4, -0.2) is 31.2 Å². The molecule has 0 heterocycles. The van der Waals surface area contributed by atoms with Crippen molar-refractivity contribution in [1.29, 1.82) is 0 Å². The lowest BCUT2D eigenvalue weighted by molar-refractivity contribution is -0.134. The van der Waals surface area contributed by atoms with E-state index < -0.39 is 21.7 Å². The molecule has 0 aliphatic rings. The van der Waals surface area contributed by atoms with Gasteiger partial charge in [-0.1, -0.05) is 6.92 Å². The Morgan fingerprint density at radius 3 is 2.16 bits per heavy atom. The van der Waals surface area contributed by atoms with Gasteiger partial charge in [-0.25, -0.2) is 8.42 Å². The zero-order valence-electron chi connectivity index (χ0n) is 10.2. The van der Waals surface area contributed by atoms with Gasteiger partial charge in [0.2, 0.25) is 15.9 Å². The van der Waals surface area contributed by atoms with Gasteiger partial charge in [-0.05, 0) is 24.3 Å². The van der Waals surface area contributed by atoms with Gasteiger partial charge in [-0.3, -0.25) is 14.3 Å². The zero-order valence-corrected chi connectivity index (χ0v) is 11.0. The van der Waals surface area contributed by atoms with Crippen molar-refractivity contribution >= 4 is 33.3 Å². The molecule has 19 heavy (non-hydrogen) atoms. The first kappa shape index (κ1) is 15.0. The number of nitrogens with one attached hydrogen (secondary N) is 2. The van der Waals surface area contributed by atoms with Crippen molar-refractivity contribution in [3.63, 3.8) is 0 Å². The number of aliphatic carboxylic acids is 1. The molecule has 0 aliphatic carbocycles. The molecular weight excluding hydrogens is 272 g/mol. The van der Waals surface area contributed by atoms with E-state index in [9.17, 15) is 18.0 Å². The fourth-order valence-corrected chi connectivity index (χ4v) is 2.14. The fraction of sp³-hybridized carbons (Fsp3) is 0.273. The number of anilines is 2. The van der Waals surface area contributed by atoms with Gasteiger partial charge < -0.3 is 10.4 Å². The van der Waals surface area contributed by atoms with Crippen LogP contribution in [0.1, 0.15) is 13.3 Å². The molecule has 3 N–H and O–H groups in total. The zero-order chi connectivity index (χ0) is 14.5. The normalized spacial score (nSPS) is 10.8. The lowest BCUT2D eigenvalue weighted by Gasteiger charge is -2.07. The average molecular weight is 286 g/mol. The van der Waals surface area contributed by atoms with Crippen molar-refractivity contribution in [2.45, 2.75) is 13.3 Å². The smallest absolute Gasteiger partial charge is 0.320 e. The highest BCUT2D eigenvalue weighted by atomic mass is 32.2. The van der Waals surface area contributed by atoms with Crippen LogP contribution in [-0.2, 0) is 19.6 Å². The van der Waals surface area contributed by atoms with Crippen molar-refractivity contribution in [2.75, 3.05) is 15.8 Å². The third-order valence-corrected chi connectivity index (χ3v) is 3.25. The van der Waals surface area contributed by atoms with Crippen LogP contribution >= 0.6 is 0 Å². The van der Waals surface area contributed by atoms with Crippen LogP contribution in [0.5, 0.6) is 0 Å². The van der Waals surface area contributed by atoms with Gasteiger partial charge >= 0.3 is 5.97 Å². The molecule has 0 bridgehead atoms. The van der Waals surface area contributed by atoms with Crippen LogP contribution in [0.3, 0.4) is 0 Å². The van der Waals surface area contributed by atoms with E-state index in [0.29, 0.717) is 12.1 Å². The average Bonchev–Trinajstić information content (AvgIpc) is 2.29. The van der Waals surface area contributed by atoms with Gasteiger partial charge in [0, 0.05) is 17.8 Å². The van der Waals surface area contributed by atoms with E-state index >= 15 is 0 Å². The SMILES string of the molecule is CCC(=O)Nc1ccc(NS(=O)(=O)CC(=O)O)cc1. The third-order valence-electron chi connectivity index (χ3n) is 2.08. The Morgan fingerprint density at radius 2 is 1.68 bits per heavy atom. The molecule has 1 aromatic carbocycles. The monoisotopic (exact) mass is 286 g/mol. The molecule has 104 valence electrons. The first-order valence-corrected chi connectivity index (χ1v) is 7.10. The highest BCUT2D eigenvalue weighted by molar-refractivity contribution is 7.93. The second-order valence-corrected chi connectivity index (χ2v) is 5.46. The van der Waals surface area contributed by atoms with E-state index in [1.165, 1.54) is 24.3 Å². The Bertz CT molecular complexity index is 565. The highest BCUT2D eigenvalue weighted by Crippen LogP contribution is 2.15. The number of carbonyl (C=O) groups excluding carboxylic acids is 1. The fourth-order valence-electron chi connectivity index (χ4n) is 1.25. The van der Waals surface area contributed by atoms with Crippen LogP contribution in [0, 0.1) is 0 Å². The number of carbonyl (C=O) groups is 2. The molecule has 0 radical (unpaired) electrons. The van der Waals surface area contributed by atoms with Gasteiger partial charge in [0.1, 0.15) is 0 Å². The molecule has 0 saturated carbocycles. The Hall–Kier alpha value is -2.09. The van der Waals surface area contributed by atoms with Crippen LogP contribution in [0.4, 0.5) is 11.4 Å². The van der Waals surface area contributed by atoms with Gasteiger partial charge in [0.25, 0.3) is 0 Å². The van der Waals surface area contributed by atoms with Gasteiger partial charge in [-0.2, -0.15) is 0 Å². The molecule has 1 rings (SSSR count). The van der Waals surface area contributed by atoms with Crippen LogP contribution < -0.4 is 10.0 Å². The van der Waals surface area contributed by atoms with Gasteiger partial charge in [0.05, 0.1) is 0 Å². The number of rotatable bonds is 6. The van der Waals surface area contributed by atoms with Crippen LogP contribution in [0.2, 0.25) is 0 Å². The maximum absolute atomic E-state index is 11.4. The van der Waals surface area contributed by atoms with E-state index in [0.717, 1.165) is 0 Å². The van der Waals surface area contributed by atoms with Crippen molar-refractivity contribution in [1.82, 2.24) is 0 Å². The molecule has 0 fully saturated rings. The quantitative estimate of drug-likeness (QED) is 0.718. The molecule has 1 amide bonds. The number of carboxylic acid groups (broad SMARTS) is 1. The number of benzene rings is 1. The summed E-state index contributed by atoms with van der Waals surface area (Å²) in [6.07, 6.45) is 0.340. The molecule has 0 aliphatic heterocycles. The summed E-state index contributed by atoms with van der Waals surface area (Å²) in [5.41, 5.74) is 0.767. The second kappa shape index (κ2) is 6.19. The summed E-state index contributed by atoms with van der Waals surface area (Å²) in [5, 5.41) is 11.0. The Balaban J connectivity index is 2.72. The lowest BCUT2D eigenvalue weighted by Crippen LogP contribution is -2.22.